The Labute approximate surface area is 120 Å². The lowest BCUT2D eigenvalue weighted by Crippen LogP contribution is -2.07. The lowest BCUT2D eigenvalue weighted by molar-refractivity contribution is -0.136. The molecule has 0 aliphatic carbocycles. The van der Waals surface area contributed by atoms with Crippen LogP contribution in [0.15, 0.2) is 35.8 Å². The lowest BCUT2D eigenvalue weighted by Gasteiger charge is -2.12. The van der Waals surface area contributed by atoms with Crippen LogP contribution in [-0.2, 0) is 6.18 Å². The van der Waals surface area contributed by atoms with E-state index in [2.05, 4.69) is 9.97 Å². The van der Waals surface area contributed by atoms with Crippen LogP contribution in [0, 0.1) is 0 Å². The summed E-state index contributed by atoms with van der Waals surface area (Å²) in [6, 6.07) is 5.28. The Morgan fingerprint density at radius 2 is 1.95 bits per heavy atom. The van der Waals surface area contributed by atoms with Gasteiger partial charge in [0.1, 0.15) is 10.7 Å². The number of nitrogens with zero attached hydrogens (tertiary/aromatic N) is 2. The van der Waals surface area contributed by atoms with Crippen molar-refractivity contribution >= 4 is 33.8 Å². The largest absolute Gasteiger partial charge is 0.417 e. The number of rotatable bonds is 1. The van der Waals surface area contributed by atoms with Crippen molar-refractivity contribution in [1.29, 1.82) is 0 Å². The summed E-state index contributed by atoms with van der Waals surface area (Å²) in [5, 5.41) is 2.38. The number of alkyl halides is 3. The zero-order valence-electron chi connectivity index (χ0n) is 9.78. The highest BCUT2D eigenvalue weighted by molar-refractivity contribution is 7.13. The number of benzene rings is 1. The smallest absolute Gasteiger partial charge is 0.245 e. The first kappa shape index (κ1) is 13.3. The first-order chi connectivity index (χ1) is 9.45. The number of halogens is 4. The monoisotopic (exact) mass is 314 g/mol. The highest BCUT2D eigenvalue weighted by Crippen LogP contribution is 2.37. The number of thiazole rings is 1. The van der Waals surface area contributed by atoms with Crippen molar-refractivity contribution in [3.05, 3.63) is 46.4 Å². The van der Waals surface area contributed by atoms with Crippen LogP contribution in [0.3, 0.4) is 0 Å². The summed E-state index contributed by atoms with van der Waals surface area (Å²) in [4.78, 5) is 8.22. The van der Waals surface area contributed by atoms with Gasteiger partial charge >= 0.3 is 6.18 Å². The first-order valence-corrected chi connectivity index (χ1v) is 6.78. The third kappa shape index (κ3) is 2.36. The van der Waals surface area contributed by atoms with Crippen LogP contribution in [0.2, 0.25) is 5.02 Å². The van der Waals surface area contributed by atoms with Gasteiger partial charge in [-0.15, -0.1) is 11.3 Å². The molecule has 2 nitrogen and oxygen atoms in total. The number of pyridine rings is 1. The second kappa shape index (κ2) is 4.71. The SMILES string of the molecule is FC(F)(F)c1cc(-c2nccs2)nc2ccc(Cl)cc12. The Kier molecular flexibility index (Phi) is 3.14. The highest BCUT2D eigenvalue weighted by atomic mass is 35.5. The van der Waals surface area contributed by atoms with Crippen molar-refractivity contribution in [3.8, 4) is 10.7 Å². The van der Waals surface area contributed by atoms with Crippen molar-refractivity contribution in [2.75, 3.05) is 0 Å². The molecule has 0 spiro atoms. The van der Waals surface area contributed by atoms with E-state index >= 15 is 0 Å². The van der Waals surface area contributed by atoms with Gasteiger partial charge in [0, 0.05) is 22.0 Å². The van der Waals surface area contributed by atoms with Gasteiger partial charge < -0.3 is 0 Å². The van der Waals surface area contributed by atoms with Gasteiger partial charge in [-0.1, -0.05) is 11.6 Å². The molecule has 2 heterocycles. The molecule has 0 aliphatic heterocycles. The zero-order valence-corrected chi connectivity index (χ0v) is 11.4. The Morgan fingerprint density at radius 3 is 2.60 bits per heavy atom. The molecule has 0 unspecified atom stereocenters. The minimum atomic E-state index is -4.47. The van der Waals surface area contributed by atoms with Crippen LogP contribution in [0.1, 0.15) is 5.56 Å². The summed E-state index contributed by atoms with van der Waals surface area (Å²) in [5.41, 5.74) is -0.299. The molecular weight excluding hydrogens is 309 g/mol. The van der Waals surface area contributed by atoms with Crippen molar-refractivity contribution in [2.45, 2.75) is 6.18 Å². The number of hydrogen-bond acceptors (Lipinski definition) is 3. The number of aromatic nitrogens is 2. The summed E-state index contributed by atoms with van der Waals surface area (Å²) >= 11 is 7.01. The molecule has 0 radical (unpaired) electrons. The average molecular weight is 315 g/mol. The van der Waals surface area contributed by atoms with Crippen LogP contribution in [0.5, 0.6) is 0 Å². The molecule has 2 aromatic heterocycles. The average Bonchev–Trinajstić information content (AvgIpc) is 2.90. The molecule has 0 aliphatic rings. The van der Waals surface area contributed by atoms with Crippen LogP contribution in [-0.4, -0.2) is 9.97 Å². The van der Waals surface area contributed by atoms with Gasteiger partial charge in [-0.25, -0.2) is 9.97 Å². The van der Waals surface area contributed by atoms with Gasteiger partial charge in [-0.05, 0) is 24.3 Å². The molecule has 7 heteroatoms. The fourth-order valence-electron chi connectivity index (χ4n) is 1.89. The minimum Gasteiger partial charge on any atom is -0.245 e. The molecule has 0 saturated heterocycles. The van der Waals surface area contributed by atoms with Crippen molar-refractivity contribution in [1.82, 2.24) is 9.97 Å². The van der Waals surface area contributed by atoms with Gasteiger partial charge in [0.25, 0.3) is 0 Å². The first-order valence-electron chi connectivity index (χ1n) is 5.52. The van der Waals surface area contributed by atoms with Crippen molar-refractivity contribution < 1.29 is 13.2 Å². The van der Waals surface area contributed by atoms with Crippen LogP contribution < -0.4 is 0 Å². The van der Waals surface area contributed by atoms with Gasteiger partial charge in [0.05, 0.1) is 11.1 Å². The van der Waals surface area contributed by atoms with Gasteiger partial charge in [0.2, 0.25) is 0 Å². The fraction of sp³-hybridized carbons (Fsp3) is 0.0769. The zero-order chi connectivity index (χ0) is 14.3. The van der Waals surface area contributed by atoms with E-state index in [9.17, 15) is 13.2 Å². The molecule has 3 aromatic rings. The second-order valence-electron chi connectivity index (χ2n) is 4.05. The number of hydrogen-bond donors (Lipinski definition) is 0. The van der Waals surface area contributed by atoms with E-state index in [0.717, 1.165) is 6.07 Å². The summed E-state index contributed by atoms with van der Waals surface area (Å²) in [5.74, 6) is 0. The van der Waals surface area contributed by atoms with Crippen LogP contribution >= 0.6 is 22.9 Å². The van der Waals surface area contributed by atoms with Crippen molar-refractivity contribution in [3.63, 3.8) is 0 Å². The predicted molar refractivity (Wildman–Crippen MR) is 72.9 cm³/mol. The Morgan fingerprint density at radius 1 is 1.15 bits per heavy atom. The molecule has 0 amide bonds. The standard InChI is InChI=1S/C13H6ClF3N2S/c14-7-1-2-10-8(5-7)9(13(15,16)17)6-11(19-10)12-18-3-4-20-12/h1-6H. The van der Waals surface area contributed by atoms with Crippen LogP contribution in [0.25, 0.3) is 21.6 Å². The van der Waals surface area contributed by atoms with Gasteiger partial charge in [-0.2, -0.15) is 13.2 Å². The fourth-order valence-corrected chi connectivity index (χ4v) is 2.66. The Hall–Kier alpha value is -1.66. The minimum absolute atomic E-state index is 0.00898. The molecule has 0 bridgehead atoms. The maximum Gasteiger partial charge on any atom is 0.417 e. The highest BCUT2D eigenvalue weighted by Gasteiger charge is 2.33. The quantitative estimate of drug-likeness (QED) is 0.629. The second-order valence-corrected chi connectivity index (χ2v) is 5.38. The molecule has 0 atom stereocenters. The predicted octanol–water partition coefficient (Wildman–Crippen LogP) is 5.03. The Balaban J connectivity index is 2.34. The van der Waals surface area contributed by atoms with E-state index in [1.807, 2.05) is 0 Å². The summed E-state index contributed by atoms with van der Waals surface area (Å²) in [6.45, 7) is 0. The molecule has 0 N–H and O–H groups in total. The molecule has 102 valence electrons. The number of fused-ring (bicyclic) bond motifs is 1. The van der Waals surface area contributed by atoms with E-state index in [1.54, 1.807) is 5.38 Å². The molecule has 20 heavy (non-hydrogen) atoms. The molecule has 0 fully saturated rings. The summed E-state index contributed by atoms with van der Waals surface area (Å²) < 4.78 is 39.5. The lowest BCUT2D eigenvalue weighted by atomic mass is 10.1. The van der Waals surface area contributed by atoms with E-state index < -0.39 is 11.7 Å². The van der Waals surface area contributed by atoms with E-state index in [4.69, 9.17) is 11.6 Å². The molecule has 1 aromatic carbocycles. The summed E-state index contributed by atoms with van der Waals surface area (Å²) in [6.07, 6.45) is -2.95. The van der Waals surface area contributed by atoms with Gasteiger partial charge in [0.15, 0.2) is 0 Å². The van der Waals surface area contributed by atoms with E-state index in [1.165, 1.54) is 35.7 Å². The normalized spacial score (nSPS) is 12.0. The molecule has 3 rings (SSSR count). The molecule has 0 saturated carbocycles. The third-order valence-corrected chi connectivity index (χ3v) is 3.76. The molecular formula is C13H6ClF3N2S. The van der Waals surface area contributed by atoms with Crippen LogP contribution in [0.4, 0.5) is 13.2 Å². The topological polar surface area (TPSA) is 25.8 Å². The maximum atomic E-state index is 13.2. The van der Waals surface area contributed by atoms with E-state index in [-0.39, 0.29) is 21.6 Å². The van der Waals surface area contributed by atoms with E-state index in [0.29, 0.717) is 5.01 Å². The third-order valence-electron chi connectivity index (χ3n) is 2.73. The van der Waals surface area contributed by atoms with Crippen molar-refractivity contribution in [2.24, 2.45) is 0 Å². The van der Waals surface area contributed by atoms with Gasteiger partial charge in [-0.3, -0.25) is 0 Å². The Bertz CT molecular complexity index is 769. The summed E-state index contributed by atoms with van der Waals surface area (Å²) in [7, 11) is 0. The maximum absolute atomic E-state index is 13.2.